The highest BCUT2D eigenvalue weighted by Crippen LogP contribution is 2.30. The van der Waals surface area contributed by atoms with Crippen molar-refractivity contribution >= 4 is 24.0 Å². The summed E-state index contributed by atoms with van der Waals surface area (Å²) in [5.74, 6) is 0.281. The maximum absolute atomic E-state index is 13.4. The molecule has 0 saturated heterocycles. The molecule has 3 N–H and O–H groups in total. The second-order valence-electron chi connectivity index (χ2n) is 6.97. The van der Waals surface area contributed by atoms with E-state index in [0.29, 0.717) is 5.95 Å². The molecule has 0 radical (unpaired) electrons. The van der Waals surface area contributed by atoms with Crippen molar-refractivity contribution < 1.29 is 4.39 Å². The molecular weight excluding hydrogens is 413 g/mol. The van der Waals surface area contributed by atoms with Crippen LogP contribution in [0.2, 0.25) is 0 Å². The van der Waals surface area contributed by atoms with Crippen LogP contribution in [0.25, 0.3) is 22.4 Å². The summed E-state index contributed by atoms with van der Waals surface area (Å²) in [6, 6.07) is 18.1. The number of benzene rings is 2. The van der Waals surface area contributed by atoms with E-state index in [4.69, 9.17) is 10.7 Å². The molecule has 0 fully saturated rings. The van der Waals surface area contributed by atoms with Crippen LogP contribution in [0.3, 0.4) is 0 Å². The van der Waals surface area contributed by atoms with Gasteiger partial charge >= 0.3 is 0 Å². The zero-order valence-electron chi connectivity index (χ0n) is 16.8. The molecule has 0 saturated carbocycles. The molecule has 7 heteroatoms. The lowest BCUT2D eigenvalue weighted by molar-refractivity contribution is 0.628. The van der Waals surface area contributed by atoms with Gasteiger partial charge in [0.05, 0.1) is 5.69 Å². The fourth-order valence-electron chi connectivity index (χ4n) is 3.28. The highest BCUT2D eigenvalue weighted by molar-refractivity contribution is 5.85. The molecule has 4 rings (SSSR count). The summed E-state index contributed by atoms with van der Waals surface area (Å²) in [6.07, 6.45) is 7.07. The number of halogens is 2. The molecule has 31 heavy (non-hydrogen) atoms. The Labute approximate surface area is 187 Å². The van der Waals surface area contributed by atoms with Crippen molar-refractivity contribution in [2.75, 3.05) is 17.6 Å². The fraction of sp³-hybridized carbons (Fsp3) is 0.125. The van der Waals surface area contributed by atoms with Gasteiger partial charge in [0, 0.05) is 41.9 Å². The van der Waals surface area contributed by atoms with Gasteiger partial charge in [-0.05, 0) is 60.4 Å². The van der Waals surface area contributed by atoms with E-state index >= 15 is 0 Å². The van der Waals surface area contributed by atoms with Crippen LogP contribution in [0.1, 0.15) is 12.0 Å². The molecule has 0 unspecified atom stereocenters. The summed E-state index contributed by atoms with van der Waals surface area (Å²) in [6.45, 7) is 0.737. The number of nitrogen functional groups attached to an aromatic ring is 1. The van der Waals surface area contributed by atoms with Gasteiger partial charge in [0.2, 0.25) is 5.95 Å². The first-order valence-corrected chi connectivity index (χ1v) is 9.81. The number of hydrogen-bond donors (Lipinski definition) is 2. The first kappa shape index (κ1) is 22.2. The van der Waals surface area contributed by atoms with Gasteiger partial charge in [0.1, 0.15) is 5.82 Å². The van der Waals surface area contributed by atoms with Gasteiger partial charge in [0.15, 0.2) is 0 Å². The molecule has 158 valence electrons. The molecule has 2 heterocycles. The summed E-state index contributed by atoms with van der Waals surface area (Å²) in [5.41, 5.74) is 11.2. The number of pyridine rings is 1. The summed E-state index contributed by atoms with van der Waals surface area (Å²) in [4.78, 5) is 13.3. The minimum atomic E-state index is -0.274. The van der Waals surface area contributed by atoms with Crippen LogP contribution in [0, 0.1) is 5.82 Å². The minimum Gasteiger partial charge on any atom is -0.399 e. The number of aryl methyl sites for hydroxylation is 1. The first-order chi connectivity index (χ1) is 14.7. The Morgan fingerprint density at radius 3 is 2.45 bits per heavy atom. The normalized spacial score (nSPS) is 10.4. The van der Waals surface area contributed by atoms with Crippen LogP contribution in [-0.4, -0.2) is 21.5 Å². The maximum atomic E-state index is 13.4. The maximum Gasteiger partial charge on any atom is 0.223 e. The van der Waals surface area contributed by atoms with E-state index in [2.05, 4.69) is 21.4 Å². The van der Waals surface area contributed by atoms with Crippen LogP contribution in [0.15, 0.2) is 79.3 Å². The van der Waals surface area contributed by atoms with Crippen LogP contribution in [-0.2, 0) is 6.42 Å². The van der Waals surface area contributed by atoms with Gasteiger partial charge in [-0.1, -0.05) is 24.3 Å². The molecule has 2 aromatic carbocycles. The minimum absolute atomic E-state index is 0. The molecule has 0 atom stereocenters. The third-order valence-corrected chi connectivity index (χ3v) is 4.77. The van der Waals surface area contributed by atoms with Crippen molar-refractivity contribution in [3.05, 3.63) is 90.6 Å². The topological polar surface area (TPSA) is 76.7 Å². The second kappa shape index (κ2) is 10.5. The third-order valence-electron chi connectivity index (χ3n) is 4.77. The van der Waals surface area contributed by atoms with Gasteiger partial charge < -0.3 is 11.1 Å². The van der Waals surface area contributed by atoms with Gasteiger partial charge in [-0.2, -0.15) is 0 Å². The molecule has 4 aromatic rings. The standard InChI is InChI=1S/C24H22FN5.ClH/c25-20-8-6-18(7-9-20)22-16-29-24(30-23(22)19-10-13-27-14-11-19)28-12-2-4-17-3-1-5-21(26)15-17;/h1,3,5-11,13-16H,2,4,12,26H2,(H,28,29,30);1H. The Morgan fingerprint density at radius 1 is 0.935 bits per heavy atom. The predicted octanol–water partition coefficient (Wildman–Crippen LogP) is 5.39. The number of rotatable bonds is 7. The van der Waals surface area contributed by atoms with Crippen molar-refractivity contribution in [3.63, 3.8) is 0 Å². The molecule has 5 nitrogen and oxygen atoms in total. The molecule has 0 bridgehead atoms. The van der Waals surface area contributed by atoms with E-state index in [1.807, 2.05) is 30.3 Å². The van der Waals surface area contributed by atoms with Crippen LogP contribution in [0.4, 0.5) is 16.0 Å². The van der Waals surface area contributed by atoms with Crippen molar-refractivity contribution in [1.82, 2.24) is 15.0 Å². The highest BCUT2D eigenvalue weighted by atomic mass is 35.5. The lowest BCUT2D eigenvalue weighted by Gasteiger charge is -2.12. The lowest BCUT2D eigenvalue weighted by atomic mass is 10.0. The Kier molecular flexibility index (Phi) is 7.51. The van der Waals surface area contributed by atoms with Crippen LogP contribution in [0.5, 0.6) is 0 Å². The number of nitrogens with two attached hydrogens (primary N) is 1. The van der Waals surface area contributed by atoms with Gasteiger partial charge in [-0.3, -0.25) is 4.98 Å². The Bertz CT molecular complexity index is 1120. The molecule has 2 aromatic heterocycles. The summed E-state index contributed by atoms with van der Waals surface area (Å²) in [5, 5.41) is 3.30. The second-order valence-corrected chi connectivity index (χ2v) is 6.97. The smallest absolute Gasteiger partial charge is 0.223 e. The Morgan fingerprint density at radius 2 is 1.71 bits per heavy atom. The summed E-state index contributed by atoms with van der Waals surface area (Å²) in [7, 11) is 0. The van der Waals surface area contributed by atoms with Crippen molar-refractivity contribution in [2.24, 2.45) is 0 Å². The molecule has 0 aliphatic heterocycles. The molecule has 0 aliphatic rings. The highest BCUT2D eigenvalue weighted by Gasteiger charge is 2.12. The van der Waals surface area contributed by atoms with Crippen LogP contribution < -0.4 is 11.1 Å². The molecular formula is C24H23ClFN5. The fourth-order valence-corrected chi connectivity index (χ4v) is 3.28. The largest absolute Gasteiger partial charge is 0.399 e. The van der Waals surface area contributed by atoms with E-state index in [1.54, 1.807) is 30.7 Å². The van der Waals surface area contributed by atoms with E-state index in [-0.39, 0.29) is 18.2 Å². The third kappa shape index (κ3) is 5.77. The van der Waals surface area contributed by atoms with Gasteiger partial charge in [-0.25, -0.2) is 14.4 Å². The number of hydrogen-bond acceptors (Lipinski definition) is 5. The van der Waals surface area contributed by atoms with Crippen LogP contribution >= 0.6 is 12.4 Å². The van der Waals surface area contributed by atoms with E-state index in [0.717, 1.165) is 47.5 Å². The number of nitrogens with zero attached hydrogens (tertiary/aromatic N) is 3. The van der Waals surface area contributed by atoms with Gasteiger partial charge in [-0.15, -0.1) is 12.4 Å². The van der Waals surface area contributed by atoms with Crippen molar-refractivity contribution in [3.8, 4) is 22.4 Å². The van der Waals surface area contributed by atoms with Gasteiger partial charge in [0.25, 0.3) is 0 Å². The Hall–Kier alpha value is -3.51. The lowest BCUT2D eigenvalue weighted by Crippen LogP contribution is -2.07. The first-order valence-electron chi connectivity index (χ1n) is 9.81. The average Bonchev–Trinajstić information content (AvgIpc) is 2.78. The van der Waals surface area contributed by atoms with E-state index < -0.39 is 0 Å². The molecule has 0 aliphatic carbocycles. The summed E-state index contributed by atoms with van der Waals surface area (Å²) >= 11 is 0. The molecule has 0 amide bonds. The number of aromatic nitrogens is 3. The van der Waals surface area contributed by atoms with E-state index in [9.17, 15) is 4.39 Å². The number of anilines is 2. The number of nitrogens with one attached hydrogen (secondary N) is 1. The molecule has 0 spiro atoms. The zero-order chi connectivity index (χ0) is 20.8. The SMILES string of the molecule is Cl.Nc1cccc(CCCNc2ncc(-c3ccc(F)cc3)c(-c3ccncc3)n2)c1. The Balaban J connectivity index is 0.00000272. The van der Waals surface area contributed by atoms with Crippen molar-refractivity contribution in [2.45, 2.75) is 12.8 Å². The average molecular weight is 436 g/mol. The van der Waals surface area contributed by atoms with Crippen molar-refractivity contribution in [1.29, 1.82) is 0 Å². The van der Waals surface area contributed by atoms with E-state index in [1.165, 1.54) is 17.7 Å². The monoisotopic (exact) mass is 435 g/mol. The summed E-state index contributed by atoms with van der Waals surface area (Å²) < 4.78 is 13.4. The quantitative estimate of drug-likeness (QED) is 0.300. The predicted molar refractivity (Wildman–Crippen MR) is 126 cm³/mol. The zero-order valence-corrected chi connectivity index (χ0v) is 17.6.